The fourth-order valence-corrected chi connectivity index (χ4v) is 2.35. The van der Waals surface area contributed by atoms with Gasteiger partial charge in [-0.1, -0.05) is 30.3 Å². The summed E-state index contributed by atoms with van der Waals surface area (Å²) in [7, 11) is 1.97. The van der Waals surface area contributed by atoms with E-state index in [9.17, 15) is 9.18 Å². The molecule has 22 heavy (non-hydrogen) atoms. The summed E-state index contributed by atoms with van der Waals surface area (Å²) in [6, 6.07) is 12.9. The molecule has 1 unspecified atom stereocenters. The van der Waals surface area contributed by atoms with Crippen LogP contribution in [0, 0.1) is 19.7 Å². The van der Waals surface area contributed by atoms with E-state index < -0.39 is 0 Å². The average Bonchev–Trinajstić information content (AvgIpc) is 2.45. The minimum absolute atomic E-state index is 0.116. The summed E-state index contributed by atoms with van der Waals surface area (Å²) in [5.41, 5.74) is 3.52. The van der Waals surface area contributed by atoms with Crippen LogP contribution in [-0.2, 0) is 11.3 Å². The highest BCUT2D eigenvalue weighted by Crippen LogP contribution is 2.13. The number of halogens is 1. The first-order valence-corrected chi connectivity index (χ1v) is 7.37. The zero-order chi connectivity index (χ0) is 16.1. The van der Waals surface area contributed by atoms with E-state index in [4.69, 9.17) is 0 Å². The molecular formula is C18H22FN2O+. The number of benzene rings is 2. The van der Waals surface area contributed by atoms with Crippen LogP contribution < -0.4 is 10.2 Å². The second-order valence-corrected chi connectivity index (χ2v) is 5.75. The molecule has 2 aromatic rings. The first kappa shape index (κ1) is 16.2. The lowest BCUT2D eigenvalue weighted by atomic mass is 10.1. The molecule has 0 saturated carbocycles. The zero-order valence-electron chi connectivity index (χ0n) is 13.2. The van der Waals surface area contributed by atoms with Gasteiger partial charge < -0.3 is 10.2 Å². The van der Waals surface area contributed by atoms with Gasteiger partial charge in [0.05, 0.1) is 7.05 Å². The van der Waals surface area contributed by atoms with Gasteiger partial charge in [0.2, 0.25) is 0 Å². The summed E-state index contributed by atoms with van der Waals surface area (Å²) < 4.78 is 13.5. The van der Waals surface area contributed by atoms with Gasteiger partial charge in [0.25, 0.3) is 5.91 Å². The molecule has 0 bridgehead atoms. The molecule has 0 fully saturated rings. The van der Waals surface area contributed by atoms with Crippen molar-refractivity contribution in [3.8, 4) is 0 Å². The lowest BCUT2D eigenvalue weighted by Gasteiger charge is -2.15. The first-order chi connectivity index (χ1) is 10.5. The Hall–Kier alpha value is -2.20. The molecule has 0 aliphatic heterocycles. The number of rotatable bonds is 5. The molecule has 2 N–H and O–H groups in total. The van der Waals surface area contributed by atoms with Crippen molar-refractivity contribution in [2.24, 2.45) is 0 Å². The van der Waals surface area contributed by atoms with Crippen molar-refractivity contribution in [2.45, 2.75) is 20.4 Å². The van der Waals surface area contributed by atoms with Crippen LogP contribution in [0.25, 0.3) is 0 Å². The molecule has 2 aromatic carbocycles. The van der Waals surface area contributed by atoms with Crippen LogP contribution in [0.1, 0.15) is 16.7 Å². The third kappa shape index (κ3) is 4.40. The minimum atomic E-state index is -0.307. The number of likely N-dealkylation sites (N-methyl/N-ethyl adjacent to an activating group) is 1. The molecular weight excluding hydrogens is 279 g/mol. The molecule has 0 aliphatic carbocycles. The SMILES string of the molecule is Cc1ccc(NC(=O)C[NH+](C)Cc2ccccc2C)cc1F. The molecule has 116 valence electrons. The Labute approximate surface area is 130 Å². The van der Waals surface area contributed by atoms with Crippen LogP contribution in [0.3, 0.4) is 0 Å². The summed E-state index contributed by atoms with van der Waals surface area (Å²) in [5, 5.41) is 2.74. The van der Waals surface area contributed by atoms with Crippen molar-refractivity contribution in [2.75, 3.05) is 18.9 Å². The fraction of sp³-hybridized carbons (Fsp3) is 0.278. The Morgan fingerprint density at radius 2 is 1.86 bits per heavy atom. The highest BCUT2D eigenvalue weighted by Gasteiger charge is 2.12. The van der Waals surface area contributed by atoms with Crippen molar-refractivity contribution < 1.29 is 14.1 Å². The number of carbonyl (C=O) groups excluding carboxylic acids is 1. The van der Waals surface area contributed by atoms with Gasteiger partial charge in [-0.15, -0.1) is 0 Å². The molecule has 1 amide bonds. The Bertz CT molecular complexity index is 670. The third-order valence-corrected chi connectivity index (χ3v) is 3.67. The lowest BCUT2D eigenvalue weighted by Crippen LogP contribution is -3.08. The highest BCUT2D eigenvalue weighted by atomic mass is 19.1. The third-order valence-electron chi connectivity index (χ3n) is 3.67. The quantitative estimate of drug-likeness (QED) is 0.871. The molecule has 0 radical (unpaired) electrons. The molecule has 0 saturated heterocycles. The van der Waals surface area contributed by atoms with Gasteiger partial charge in [-0.05, 0) is 37.1 Å². The lowest BCUT2D eigenvalue weighted by molar-refractivity contribution is -0.885. The van der Waals surface area contributed by atoms with E-state index >= 15 is 0 Å². The monoisotopic (exact) mass is 301 g/mol. The van der Waals surface area contributed by atoms with E-state index in [0.29, 0.717) is 17.8 Å². The van der Waals surface area contributed by atoms with Gasteiger partial charge in [-0.3, -0.25) is 4.79 Å². The van der Waals surface area contributed by atoms with Crippen LogP contribution in [0.5, 0.6) is 0 Å². The molecule has 3 nitrogen and oxygen atoms in total. The largest absolute Gasteiger partial charge is 0.326 e. The maximum atomic E-state index is 13.5. The summed E-state index contributed by atoms with van der Waals surface area (Å²) in [5.74, 6) is -0.423. The van der Waals surface area contributed by atoms with E-state index in [1.807, 2.05) is 19.2 Å². The zero-order valence-corrected chi connectivity index (χ0v) is 13.2. The first-order valence-electron chi connectivity index (χ1n) is 7.37. The maximum absolute atomic E-state index is 13.5. The Morgan fingerprint density at radius 3 is 2.55 bits per heavy atom. The number of nitrogens with one attached hydrogen (secondary N) is 2. The molecule has 0 aromatic heterocycles. The normalized spacial score (nSPS) is 12.0. The number of amides is 1. The summed E-state index contributed by atoms with van der Waals surface area (Å²) in [4.78, 5) is 13.1. The minimum Gasteiger partial charge on any atom is -0.326 e. The molecule has 4 heteroatoms. The average molecular weight is 301 g/mol. The van der Waals surface area contributed by atoms with Crippen LogP contribution >= 0.6 is 0 Å². The summed E-state index contributed by atoms with van der Waals surface area (Å²) in [6.07, 6.45) is 0. The Kier molecular flexibility index (Phi) is 5.28. The van der Waals surface area contributed by atoms with Gasteiger partial charge >= 0.3 is 0 Å². The van der Waals surface area contributed by atoms with Gasteiger partial charge in [0.15, 0.2) is 6.54 Å². The highest BCUT2D eigenvalue weighted by molar-refractivity contribution is 5.91. The van der Waals surface area contributed by atoms with Crippen LogP contribution in [-0.4, -0.2) is 19.5 Å². The smallest absolute Gasteiger partial charge is 0.279 e. The summed E-state index contributed by atoms with van der Waals surface area (Å²) >= 11 is 0. The number of quaternary nitrogens is 1. The van der Waals surface area contributed by atoms with E-state index in [1.165, 1.54) is 17.2 Å². The predicted octanol–water partition coefficient (Wildman–Crippen LogP) is 2.10. The van der Waals surface area contributed by atoms with Gasteiger partial charge in [-0.2, -0.15) is 0 Å². The van der Waals surface area contributed by atoms with Crippen molar-refractivity contribution in [1.82, 2.24) is 0 Å². The molecule has 2 rings (SSSR count). The fourth-order valence-electron chi connectivity index (χ4n) is 2.35. The van der Waals surface area contributed by atoms with Crippen molar-refractivity contribution >= 4 is 11.6 Å². The summed E-state index contributed by atoms with van der Waals surface area (Å²) in [6.45, 7) is 4.88. The van der Waals surface area contributed by atoms with Crippen molar-refractivity contribution in [3.05, 3.63) is 65.0 Å². The molecule has 0 aliphatic rings. The topological polar surface area (TPSA) is 33.5 Å². The van der Waals surface area contributed by atoms with Gasteiger partial charge in [0, 0.05) is 11.3 Å². The van der Waals surface area contributed by atoms with Crippen LogP contribution in [0.4, 0.5) is 10.1 Å². The van der Waals surface area contributed by atoms with E-state index in [1.54, 1.807) is 19.1 Å². The molecule has 0 heterocycles. The van der Waals surface area contributed by atoms with E-state index in [0.717, 1.165) is 11.4 Å². The number of hydrogen-bond donors (Lipinski definition) is 2. The molecule has 1 atom stereocenters. The van der Waals surface area contributed by atoms with Crippen LogP contribution in [0.2, 0.25) is 0 Å². The van der Waals surface area contributed by atoms with Gasteiger partial charge in [0.1, 0.15) is 12.4 Å². The van der Waals surface area contributed by atoms with E-state index in [2.05, 4.69) is 24.4 Å². The predicted molar refractivity (Wildman–Crippen MR) is 86.4 cm³/mol. The second-order valence-electron chi connectivity index (χ2n) is 5.75. The van der Waals surface area contributed by atoms with E-state index in [-0.39, 0.29) is 11.7 Å². The second kappa shape index (κ2) is 7.18. The maximum Gasteiger partial charge on any atom is 0.279 e. The standard InChI is InChI=1S/C18H21FN2O/c1-13-6-4-5-7-15(13)11-21(3)12-18(22)20-16-9-8-14(2)17(19)10-16/h4-10H,11-12H2,1-3H3,(H,20,22)/p+1. The molecule has 0 spiro atoms. The van der Waals surface area contributed by atoms with Crippen molar-refractivity contribution in [3.63, 3.8) is 0 Å². The van der Waals surface area contributed by atoms with Crippen LogP contribution in [0.15, 0.2) is 42.5 Å². The van der Waals surface area contributed by atoms with Crippen molar-refractivity contribution in [1.29, 1.82) is 0 Å². The Balaban J connectivity index is 1.91. The number of anilines is 1. The Morgan fingerprint density at radius 1 is 1.14 bits per heavy atom. The van der Waals surface area contributed by atoms with Gasteiger partial charge in [-0.25, -0.2) is 4.39 Å². The number of aryl methyl sites for hydroxylation is 2. The number of hydrogen-bond acceptors (Lipinski definition) is 1. The number of carbonyl (C=O) groups is 1.